The molecule has 0 aliphatic heterocycles. The van der Waals surface area contributed by atoms with E-state index >= 15 is 0 Å². The van der Waals surface area contributed by atoms with Crippen molar-refractivity contribution in [3.8, 4) is 0 Å². The van der Waals surface area contributed by atoms with Crippen LogP contribution in [0.1, 0.15) is 59.8 Å². The highest BCUT2D eigenvalue weighted by atomic mass is 16.1. The number of Topliss-reactive ketones (excluding diaryl/α,β-unsaturated/α-hetero) is 1. The zero-order chi connectivity index (χ0) is 12.1. The molecule has 16 heavy (non-hydrogen) atoms. The standard InChI is InChI=1S/C15H26O/c1-11(2)14-9-8-12(3)6-5-7-13(4)15(16)10-14/h6,11,13-14H,5,7-10H2,1-4H3/b12-6+/t13-,14-/m0/s1. The molecule has 0 spiro atoms. The molecule has 0 amide bonds. The average molecular weight is 222 g/mol. The molecule has 0 aromatic rings. The van der Waals surface area contributed by atoms with E-state index < -0.39 is 0 Å². The summed E-state index contributed by atoms with van der Waals surface area (Å²) >= 11 is 0. The summed E-state index contributed by atoms with van der Waals surface area (Å²) in [4.78, 5) is 12.0. The number of carbonyl (C=O) groups excluding carboxylic acids is 1. The van der Waals surface area contributed by atoms with Crippen molar-refractivity contribution in [2.24, 2.45) is 17.8 Å². The van der Waals surface area contributed by atoms with E-state index in [4.69, 9.17) is 0 Å². The van der Waals surface area contributed by atoms with Gasteiger partial charge in [-0.1, -0.05) is 32.4 Å². The van der Waals surface area contributed by atoms with Gasteiger partial charge in [-0.3, -0.25) is 4.79 Å². The second kappa shape index (κ2) is 6.22. The van der Waals surface area contributed by atoms with Crippen LogP contribution in [0.5, 0.6) is 0 Å². The molecular weight excluding hydrogens is 196 g/mol. The van der Waals surface area contributed by atoms with Crippen molar-refractivity contribution in [2.45, 2.75) is 59.8 Å². The van der Waals surface area contributed by atoms with Gasteiger partial charge in [0.15, 0.2) is 0 Å². The zero-order valence-corrected chi connectivity index (χ0v) is 11.3. The van der Waals surface area contributed by atoms with Gasteiger partial charge in [-0.2, -0.15) is 0 Å². The quantitative estimate of drug-likeness (QED) is 0.602. The first kappa shape index (κ1) is 13.5. The second-order valence-electron chi connectivity index (χ2n) is 5.74. The smallest absolute Gasteiger partial charge is 0.135 e. The van der Waals surface area contributed by atoms with Gasteiger partial charge >= 0.3 is 0 Å². The van der Waals surface area contributed by atoms with Crippen molar-refractivity contribution >= 4 is 5.78 Å². The summed E-state index contributed by atoms with van der Waals surface area (Å²) in [7, 11) is 0. The van der Waals surface area contributed by atoms with Gasteiger partial charge in [-0.25, -0.2) is 0 Å². The predicted octanol–water partition coefficient (Wildman–Crippen LogP) is 4.37. The fraction of sp³-hybridized carbons (Fsp3) is 0.800. The van der Waals surface area contributed by atoms with E-state index in [1.807, 2.05) is 0 Å². The van der Waals surface area contributed by atoms with E-state index in [0.29, 0.717) is 17.6 Å². The topological polar surface area (TPSA) is 17.1 Å². The molecule has 92 valence electrons. The van der Waals surface area contributed by atoms with E-state index in [1.54, 1.807) is 0 Å². The molecule has 0 radical (unpaired) electrons. The molecular formula is C15H26O. The van der Waals surface area contributed by atoms with Crippen LogP contribution in [0.15, 0.2) is 11.6 Å². The maximum atomic E-state index is 12.0. The molecule has 0 heterocycles. The van der Waals surface area contributed by atoms with Gasteiger partial charge in [0.25, 0.3) is 0 Å². The molecule has 0 N–H and O–H groups in total. The lowest BCUT2D eigenvalue weighted by Crippen LogP contribution is -2.20. The summed E-state index contributed by atoms with van der Waals surface area (Å²) in [5.74, 6) is 1.94. The number of carbonyl (C=O) groups is 1. The van der Waals surface area contributed by atoms with Crippen molar-refractivity contribution < 1.29 is 4.79 Å². The largest absolute Gasteiger partial charge is 0.299 e. The van der Waals surface area contributed by atoms with Crippen LogP contribution in [-0.2, 0) is 4.79 Å². The van der Waals surface area contributed by atoms with E-state index in [9.17, 15) is 4.79 Å². The zero-order valence-electron chi connectivity index (χ0n) is 11.3. The summed E-state index contributed by atoms with van der Waals surface area (Å²) in [6, 6.07) is 0. The van der Waals surface area contributed by atoms with Gasteiger partial charge in [0.05, 0.1) is 0 Å². The third-order valence-electron chi connectivity index (χ3n) is 3.96. The van der Waals surface area contributed by atoms with Crippen molar-refractivity contribution in [1.82, 2.24) is 0 Å². The summed E-state index contributed by atoms with van der Waals surface area (Å²) in [6.07, 6.45) is 7.58. The predicted molar refractivity (Wildman–Crippen MR) is 69.3 cm³/mol. The van der Waals surface area contributed by atoms with Crippen LogP contribution in [-0.4, -0.2) is 5.78 Å². The van der Waals surface area contributed by atoms with Crippen molar-refractivity contribution in [3.05, 3.63) is 11.6 Å². The monoisotopic (exact) mass is 222 g/mol. The first-order valence-electron chi connectivity index (χ1n) is 6.69. The molecule has 0 saturated heterocycles. The van der Waals surface area contributed by atoms with Gasteiger partial charge in [0, 0.05) is 12.3 Å². The first-order chi connectivity index (χ1) is 7.50. The number of allylic oxidation sites excluding steroid dienone is 2. The normalized spacial score (nSPS) is 32.3. The fourth-order valence-electron chi connectivity index (χ4n) is 2.39. The minimum Gasteiger partial charge on any atom is -0.299 e. The van der Waals surface area contributed by atoms with Crippen LogP contribution in [0, 0.1) is 17.8 Å². The third-order valence-corrected chi connectivity index (χ3v) is 3.96. The van der Waals surface area contributed by atoms with Crippen LogP contribution in [0.2, 0.25) is 0 Å². The lowest BCUT2D eigenvalue weighted by atomic mass is 9.82. The molecule has 1 heteroatoms. The highest BCUT2D eigenvalue weighted by molar-refractivity contribution is 5.80. The summed E-state index contributed by atoms with van der Waals surface area (Å²) < 4.78 is 0. The molecule has 0 saturated carbocycles. The highest BCUT2D eigenvalue weighted by Crippen LogP contribution is 2.27. The molecule has 2 atom stereocenters. The third kappa shape index (κ3) is 4.11. The molecule has 0 unspecified atom stereocenters. The fourth-order valence-corrected chi connectivity index (χ4v) is 2.39. The van der Waals surface area contributed by atoms with Crippen LogP contribution >= 0.6 is 0 Å². The molecule has 0 fully saturated rings. The number of ketones is 1. The van der Waals surface area contributed by atoms with Gasteiger partial charge in [-0.15, -0.1) is 0 Å². The summed E-state index contributed by atoms with van der Waals surface area (Å²) in [5.41, 5.74) is 1.51. The van der Waals surface area contributed by atoms with Crippen LogP contribution < -0.4 is 0 Å². The van der Waals surface area contributed by atoms with E-state index in [1.165, 1.54) is 18.4 Å². The Hall–Kier alpha value is -0.590. The molecule has 1 aliphatic carbocycles. The van der Waals surface area contributed by atoms with Crippen molar-refractivity contribution in [3.63, 3.8) is 0 Å². The Morgan fingerprint density at radius 3 is 2.62 bits per heavy atom. The molecule has 1 rings (SSSR count). The highest BCUT2D eigenvalue weighted by Gasteiger charge is 2.21. The number of rotatable bonds is 1. The van der Waals surface area contributed by atoms with Gasteiger partial charge in [-0.05, 0) is 44.4 Å². The maximum absolute atomic E-state index is 12.0. The summed E-state index contributed by atoms with van der Waals surface area (Å²) in [6.45, 7) is 8.80. The maximum Gasteiger partial charge on any atom is 0.135 e. The Kier molecular flexibility index (Phi) is 5.24. The number of hydrogen-bond donors (Lipinski definition) is 0. The van der Waals surface area contributed by atoms with Gasteiger partial charge in [0.2, 0.25) is 0 Å². The Labute approximate surface area is 100 Å². The Balaban J connectivity index is 2.72. The summed E-state index contributed by atoms with van der Waals surface area (Å²) in [5, 5.41) is 0. The Bertz CT molecular complexity index is 263. The Morgan fingerprint density at radius 1 is 1.31 bits per heavy atom. The molecule has 0 aromatic carbocycles. The Morgan fingerprint density at radius 2 is 2.00 bits per heavy atom. The molecule has 0 aromatic heterocycles. The average Bonchev–Trinajstić information content (AvgIpc) is 2.22. The first-order valence-corrected chi connectivity index (χ1v) is 6.69. The van der Waals surface area contributed by atoms with Crippen LogP contribution in [0.4, 0.5) is 0 Å². The lowest BCUT2D eigenvalue weighted by Gasteiger charge is -2.23. The van der Waals surface area contributed by atoms with Crippen LogP contribution in [0.25, 0.3) is 0 Å². The van der Waals surface area contributed by atoms with Gasteiger partial charge < -0.3 is 0 Å². The van der Waals surface area contributed by atoms with Crippen LogP contribution in [0.3, 0.4) is 0 Å². The van der Waals surface area contributed by atoms with Crippen molar-refractivity contribution in [2.75, 3.05) is 0 Å². The number of hydrogen-bond acceptors (Lipinski definition) is 1. The molecule has 1 nitrogen and oxygen atoms in total. The van der Waals surface area contributed by atoms with E-state index in [0.717, 1.165) is 19.3 Å². The van der Waals surface area contributed by atoms with E-state index in [2.05, 4.69) is 33.8 Å². The SMILES string of the molecule is C/C1=C\CC[C@H](C)C(=O)C[C@@H](C(C)C)CC1. The lowest BCUT2D eigenvalue weighted by molar-refractivity contribution is -0.123. The van der Waals surface area contributed by atoms with E-state index in [-0.39, 0.29) is 5.92 Å². The second-order valence-corrected chi connectivity index (χ2v) is 5.74. The van der Waals surface area contributed by atoms with Crippen molar-refractivity contribution in [1.29, 1.82) is 0 Å². The minimum absolute atomic E-state index is 0.253. The molecule has 1 aliphatic rings. The van der Waals surface area contributed by atoms with Gasteiger partial charge in [0.1, 0.15) is 5.78 Å². The molecule has 0 bridgehead atoms. The minimum atomic E-state index is 0.253.